The van der Waals surface area contributed by atoms with Crippen molar-refractivity contribution in [2.45, 2.75) is 44.3 Å². The third-order valence-electron chi connectivity index (χ3n) is 6.85. The van der Waals surface area contributed by atoms with Gasteiger partial charge in [-0.1, -0.05) is 43.3 Å². The van der Waals surface area contributed by atoms with Crippen LogP contribution in [0.3, 0.4) is 0 Å². The number of aromatic nitrogens is 1. The van der Waals surface area contributed by atoms with E-state index in [4.69, 9.17) is 11.6 Å². The molecule has 2 fully saturated rings. The van der Waals surface area contributed by atoms with Gasteiger partial charge in [-0.05, 0) is 36.4 Å². The van der Waals surface area contributed by atoms with Crippen LogP contribution < -0.4 is 20.4 Å². The van der Waals surface area contributed by atoms with E-state index in [-0.39, 0.29) is 41.6 Å². The highest BCUT2D eigenvalue weighted by molar-refractivity contribution is 6.31. The minimum absolute atomic E-state index is 0. The minimum Gasteiger partial charge on any atom is -0.351 e. The molecule has 2 N–H and O–H groups in total. The third-order valence-corrected chi connectivity index (χ3v) is 7.19. The average Bonchev–Trinajstić information content (AvgIpc) is 3.32. The monoisotopic (exact) mass is 598 g/mol. The van der Waals surface area contributed by atoms with Crippen LogP contribution in [0.4, 0.5) is 29.5 Å². The van der Waals surface area contributed by atoms with E-state index >= 15 is 0 Å². The van der Waals surface area contributed by atoms with E-state index in [1.165, 1.54) is 42.6 Å². The Morgan fingerprint density at radius 2 is 1.90 bits per heavy atom. The second-order valence-electron chi connectivity index (χ2n) is 9.67. The van der Waals surface area contributed by atoms with Gasteiger partial charge in [0.1, 0.15) is 23.7 Å². The number of pyridine rings is 1. The highest BCUT2D eigenvalue weighted by atomic mass is 35.5. The molecule has 0 radical (unpaired) electrons. The first kappa shape index (κ1) is 30.3. The molecule has 1 aliphatic heterocycles. The summed E-state index contributed by atoms with van der Waals surface area (Å²) in [6.07, 6.45) is 0.162. The van der Waals surface area contributed by atoms with Crippen LogP contribution in [-0.2, 0) is 9.59 Å². The van der Waals surface area contributed by atoms with Crippen LogP contribution in [0.2, 0.25) is 5.02 Å². The van der Waals surface area contributed by atoms with Gasteiger partial charge in [-0.2, -0.15) is 5.26 Å². The zero-order chi connectivity index (χ0) is 29.3. The number of halogens is 4. The Hall–Kier alpha value is -4.63. The topological polar surface area (TPSA) is 118 Å². The summed E-state index contributed by atoms with van der Waals surface area (Å²) < 4.78 is 41.6. The highest BCUT2D eigenvalue weighted by Gasteiger charge is 2.48. The van der Waals surface area contributed by atoms with Gasteiger partial charge in [-0.3, -0.25) is 19.4 Å². The lowest BCUT2D eigenvalue weighted by Gasteiger charge is -2.39. The van der Waals surface area contributed by atoms with Crippen molar-refractivity contribution < 1.29 is 27.6 Å². The molecule has 218 valence electrons. The molecular formula is C29H26ClF3N6O3. The number of alkyl halides is 2. The largest absolute Gasteiger partial charge is 0.351 e. The van der Waals surface area contributed by atoms with Crippen LogP contribution >= 0.6 is 11.6 Å². The zero-order valence-corrected chi connectivity index (χ0v) is 22.0. The number of carbonyl (C=O) groups is 3. The predicted octanol–water partition coefficient (Wildman–Crippen LogP) is 4.97. The number of nitrogens with zero attached hydrogens (tertiary/aromatic N) is 4. The number of nitriles is 1. The fraction of sp³-hybridized carbons (Fsp3) is 0.276. The molecule has 2 atom stereocenters. The maximum absolute atomic E-state index is 14.5. The molecule has 9 nitrogen and oxygen atoms in total. The summed E-state index contributed by atoms with van der Waals surface area (Å²) in [5.74, 6) is -5.25. The van der Waals surface area contributed by atoms with Crippen molar-refractivity contribution in [3.63, 3.8) is 0 Å². The van der Waals surface area contributed by atoms with Crippen molar-refractivity contribution in [2.24, 2.45) is 0 Å². The number of anilines is 2. The summed E-state index contributed by atoms with van der Waals surface area (Å²) in [6.45, 7) is -0.201. The van der Waals surface area contributed by atoms with Crippen molar-refractivity contribution in [3.8, 4) is 6.07 Å². The van der Waals surface area contributed by atoms with Crippen LogP contribution in [0, 0.1) is 17.1 Å². The van der Waals surface area contributed by atoms with E-state index in [9.17, 15) is 32.8 Å². The number of urea groups is 1. The first-order valence-electron chi connectivity index (χ1n) is 12.5. The fourth-order valence-corrected chi connectivity index (χ4v) is 5.15. The molecule has 1 aliphatic carbocycles. The van der Waals surface area contributed by atoms with Gasteiger partial charge in [-0.15, -0.1) is 0 Å². The smallest absolute Gasteiger partial charge is 0.323 e. The molecule has 2 aliphatic rings. The first-order valence-corrected chi connectivity index (χ1v) is 12.9. The van der Waals surface area contributed by atoms with Crippen LogP contribution in [-0.4, -0.2) is 47.4 Å². The Balaban J connectivity index is 0.00000405. The van der Waals surface area contributed by atoms with Crippen molar-refractivity contribution in [1.82, 2.24) is 15.6 Å². The van der Waals surface area contributed by atoms with Crippen LogP contribution in [0.25, 0.3) is 0 Å². The van der Waals surface area contributed by atoms with Crippen molar-refractivity contribution >= 4 is 41.0 Å². The fourth-order valence-electron chi connectivity index (χ4n) is 4.91. The van der Waals surface area contributed by atoms with E-state index < -0.39 is 60.6 Å². The van der Waals surface area contributed by atoms with Crippen molar-refractivity contribution in [3.05, 3.63) is 88.8 Å². The lowest BCUT2D eigenvalue weighted by Crippen LogP contribution is -2.56. The van der Waals surface area contributed by atoms with E-state index in [0.29, 0.717) is 0 Å². The molecule has 1 saturated heterocycles. The van der Waals surface area contributed by atoms with Gasteiger partial charge in [0, 0.05) is 47.9 Å². The van der Waals surface area contributed by atoms with E-state index in [1.54, 1.807) is 12.1 Å². The molecule has 4 amide bonds. The van der Waals surface area contributed by atoms with Crippen molar-refractivity contribution in [2.75, 3.05) is 16.3 Å². The van der Waals surface area contributed by atoms with E-state index in [2.05, 4.69) is 15.6 Å². The van der Waals surface area contributed by atoms with Crippen LogP contribution in [0.1, 0.15) is 37.4 Å². The lowest BCUT2D eigenvalue weighted by molar-refractivity contribution is -0.132. The molecule has 1 aromatic heterocycles. The normalized spacial score (nSPS) is 18.1. The van der Waals surface area contributed by atoms with Gasteiger partial charge < -0.3 is 10.6 Å². The Bertz CT molecular complexity index is 1560. The Morgan fingerprint density at radius 3 is 2.57 bits per heavy atom. The van der Waals surface area contributed by atoms with Gasteiger partial charge in [0.2, 0.25) is 5.91 Å². The molecule has 42 heavy (non-hydrogen) atoms. The molecular weight excluding hydrogens is 573 g/mol. The minimum atomic E-state index is -2.92. The molecule has 0 bridgehead atoms. The first-order chi connectivity index (χ1) is 19.6. The molecule has 5 rings (SSSR count). The predicted molar refractivity (Wildman–Crippen MR) is 150 cm³/mol. The summed E-state index contributed by atoms with van der Waals surface area (Å²) in [5.41, 5.74) is 0.310. The number of hydrogen-bond acceptors (Lipinski definition) is 5. The van der Waals surface area contributed by atoms with E-state index in [0.717, 1.165) is 21.9 Å². The molecule has 13 heteroatoms. The highest BCUT2D eigenvalue weighted by Crippen LogP contribution is 2.39. The van der Waals surface area contributed by atoms with Gasteiger partial charge in [-0.25, -0.2) is 22.9 Å². The SMILES string of the molecule is C.N#Cc1ccnc(N2C(=O)NC[C@H]2C(=O)N(c2cccc(F)c2)[C@H](C(=O)NC2CC(F)(F)C2)c2ccccc2Cl)c1. The van der Waals surface area contributed by atoms with E-state index in [1.807, 2.05) is 6.07 Å². The number of benzene rings is 2. The third kappa shape index (κ3) is 6.01. The van der Waals surface area contributed by atoms with Gasteiger partial charge in [0.25, 0.3) is 11.8 Å². The van der Waals surface area contributed by atoms with Crippen molar-refractivity contribution in [1.29, 1.82) is 5.26 Å². The summed E-state index contributed by atoms with van der Waals surface area (Å²) in [5, 5.41) is 14.5. The Labute approximate surface area is 244 Å². The Morgan fingerprint density at radius 1 is 1.17 bits per heavy atom. The number of carbonyl (C=O) groups excluding carboxylic acids is 3. The molecule has 0 unspecified atom stereocenters. The molecule has 1 saturated carbocycles. The second-order valence-corrected chi connectivity index (χ2v) is 10.1. The van der Waals surface area contributed by atoms with Crippen LogP contribution in [0.15, 0.2) is 66.9 Å². The summed E-state index contributed by atoms with van der Waals surface area (Å²) in [4.78, 5) is 47.2. The van der Waals surface area contributed by atoms with Gasteiger partial charge >= 0.3 is 6.03 Å². The molecule has 0 spiro atoms. The number of amides is 4. The summed E-state index contributed by atoms with van der Waals surface area (Å²) in [6, 6.07) is 11.5. The molecule has 3 aromatic rings. The lowest BCUT2D eigenvalue weighted by atomic mass is 9.87. The summed E-state index contributed by atoms with van der Waals surface area (Å²) in [7, 11) is 0. The summed E-state index contributed by atoms with van der Waals surface area (Å²) >= 11 is 6.47. The quantitative estimate of drug-likeness (QED) is 0.398. The standard InChI is InChI=1S/C28H22ClF3N6O3.CH4/c29-21-7-2-1-6-20(21)24(25(39)36-18-12-28(31,32)13-18)37(19-5-3-4-17(30)11-19)26(40)22-15-35-27(41)38(22)23-10-16(14-33)8-9-34-23;/h1-11,18,22,24H,12-13,15H2,(H,35,41)(H,36,39);1H4/t22-,24-;/m0./s1. The molecule has 2 aromatic carbocycles. The zero-order valence-electron chi connectivity index (χ0n) is 21.2. The number of hydrogen-bond donors (Lipinski definition) is 2. The number of rotatable bonds is 7. The molecule has 2 heterocycles. The number of nitrogens with one attached hydrogen (secondary N) is 2. The average molecular weight is 599 g/mol. The maximum Gasteiger partial charge on any atom is 0.323 e. The second kappa shape index (κ2) is 12.1. The maximum atomic E-state index is 14.5. The van der Waals surface area contributed by atoms with Gasteiger partial charge in [0.05, 0.1) is 11.6 Å². The Kier molecular flexibility index (Phi) is 8.72. The van der Waals surface area contributed by atoms with Crippen LogP contribution in [0.5, 0.6) is 0 Å². The van der Waals surface area contributed by atoms with Gasteiger partial charge in [0.15, 0.2) is 0 Å².